The van der Waals surface area contributed by atoms with Gasteiger partial charge in [0, 0.05) is 18.1 Å². The quantitative estimate of drug-likeness (QED) is 0.182. The zero-order valence-electron chi connectivity index (χ0n) is 20.0. The Labute approximate surface area is 195 Å². The first-order chi connectivity index (χ1) is 15.5. The number of nitrogens with two attached hydrogens (primary N) is 3. The van der Waals surface area contributed by atoms with E-state index in [4.69, 9.17) is 36.1 Å². The lowest BCUT2D eigenvalue weighted by atomic mass is 9.84. The fourth-order valence-electron chi connectivity index (χ4n) is 5.04. The average molecular weight is 478 g/mol. The molecule has 13 atom stereocenters. The largest absolute Gasteiger partial charge is 0.388 e. The molecular formula is C21H43N5O7. The summed E-state index contributed by atoms with van der Waals surface area (Å²) in [5, 5.41) is 38.3. The average Bonchev–Trinajstić information content (AvgIpc) is 2.76. The molecule has 11 N–H and O–H groups in total. The third kappa shape index (κ3) is 5.85. The van der Waals surface area contributed by atoms with E-state index in [9.17, 15) is 15.3 Å². The highest BCUT2D eigenvalue weighted by Crippen LogP contribution is 2.31. The SMILES string of the molecule is CN[C@H](C)[C@@H]1CC[C@H](N)[C@H](O[C@H]2[C@H](O)[C@H](O[C@H]3OC[C@@](C)(O)[C@@H](NC)[C@H]3O)[C@@H](N)C[C@@H]2N)O1. The summed E-state index contributed by atoms with van der Waals surface area (Å²) in [6.07, 6.45) is -4.22. The summed E-state index contributed by atoms with van der Waals surface area (Å²) in [6.45, 7) is 3.52. The molecule has 33 heavy (non-hydrogen) atoms. The Bertz CT molecular complexity index is 632. The van der Waals surface area contributed by atoms with Crippen LogP contribution in [0.2, 0.25) is 0 Å². The highest BCUT2D eigenvalue weighted by atomic mass is 16.7. The summed E-state index contributed by atoms with van der Waals surface area (Å²) in [7, 11) is 3.49. The van der Waals surface area contributed by atoms with Crippen molar-refractivity contribution in [2.24, 2.45) is 17.2 Å². The zero-order chi connectivity index (χ0) is 24.5. The van der Waals surface area contributed by atoms with Crippen LogP contribution in [0.4, 0.5) is 0 Å². The van der Waals surface area contributed by atoms with E-state index < -0.39 is 60.7 Å². The van der Waals surface area contributed by atoms with Crippen molar-refractivity contribution >= 4 is 0 Å². The fraction of sp³-hybridized carbons (Fsp3) is 1.00. The van der Waals surface area contributed by atoms with Crippen molar-refractivity contribution in [2.45, 2.75) is 112 Å². The lowest BCUT2D eigenvalue weighted by Gasteiger charge is -2.48. The van der Waals surface area contributed by atoms with Crippen LogP contribution >= 0.6 is 0 Å². The second kappa shape index (κ2) is 11.1. The van der Waals surface area contributed by atoms with Crippen LogP contribution in [0, 0.1) is 0 Å². The number of hydrogen-bond donors (Lipinski definition) is 8. The number of rotatable bonds is 7. The Kier molecular flexibility index (Phi) is 9.09. The maximum Gasteiger partial charge on any atom is 0.185 e. The van der Waals surface area contributed by atoms with E-state index in [1.165, 1.54) is 0 Å². The molecule has 0 amide bonds. The molecule has 12 nitrogen and oxygen atoms in total. The number of nitrogens with one attached hydrogen (secondary N) is 2. The van der Waals surface area contributed by atoms with E-state index in [2.05, 4.69) is 10.6 Å². The van der Waals surface area contributed by atoms with Gasteiger partial charge in [0.1, 0.15) is 30.0 Å². The molecule has 1 aliphatic carbocycles. The number of aliphatic hydroxyl groups is 3. The van der Waals surface area contributed by atoms with Gasteiger partial charge >= 0.3 is 0 Å². The number of aliphatic hydroxyl groups excluding tert-OH is 2. The Morgan fingerprint density at radius 1 is 0.970 bits per heavy atom. The summed E-state index contributed by atoms with van der Waals surface area (Å²) >= 11 is 0. The molecule has 0 bridgehead atoms. The van der Waals surface area contributed by atoms with Gasteiger partial charge < -0.3 is 62.1 Å². The van der Waals surface area contributed by atoms with Crippen LogP contribution in [0.25, 0.3) is 0 Å². The minimum atomic E-state index is -1.29. The molecular weight excluding hydrogens is 434 g/mol. The van der Waals surface area contributed by atoms with Gasteiger partial charge in [0.05, 0.1) is 24.8 Å². The van der Waals surface area contributed by atoms with E-state index >= 15 is 0 Å². The second-order valence-corrected chi connectivity index (χ2v) is 9.91. The third-order valence-electron chi connectivity index (χ3n) is 7.24. The maximum atomic E-state index is 11.1. The van der Waals surface area contributed by atoms with Gasteiger partial charge in [0.2, 0.25) is 0 Å². The van der Waals surface area contributed by atoms with Crippen LogP contribution in [0.15, 0.2) is 0 Å². The first-order valence-corrected chi connectivity index (χ1v) is 11.8. The minimum absolute atomic E-state index is 0.0620. The van der Waals surface area contributed by atoms with Crippen molar-refractivity contribution in [3.05, 3.63) is 0 Å². The molecule has 0 unspecified atom stereocenters. The van der Waals surface area contributed by atoms with E-state index in [0.717, 1.165) is 6.42 Å². The molecule has 0 aromatic carbocycles. The number of hydrogen-bond acceptors (Lipinski definition) is 12. The number of likely N-dealkylation sites (N-methyl/N-ethyl adjacent to an activating group) is 2. The first-order valence-electron chi connectivity index (χ1n) is 11.8. The van der Waals surface area contributed by atoms with Crippen LogP contribution in [0.5, 0.6) is 0 Å². The van der Waals surface area contributed by atoms with Crippen molar-refractivity contribution in [1.29, 1.82) is 0 Å². The molecule has 3 aliphatic rings. The lowest BCUT2D eigenvalue weighted by molar-refractivity contribution is -0.307. The van der Waals surface area contributed by atoms with E-state index in [1.807, 2.05) is 14.0 Å². The molecule has 12 heteroatoms. The van der Waals surface area contributed by atoms with Crippen LogP contribution in [0.1, 0.15) is 33.1 Å². The highest BCUT2D eigenvalue weighted by Gasteiger charge is 2.50. The summed E-state index contributed by atoms with van der Waals surface area (Å²) in [5.74, 6) is 0. The predicted molar refractivity (Wildman–Crippen MR) is 120 cm³/mol. The standard InChI is InChI=1S/C21H43N5O7/c1-9(25-3)13-6-5-10(22)19(31-13)32-16-11(23)7-12(24)17(14(16)27)33-20-15(28)18(26-4)21(2,29)8-30-20/h9-20,25-29H,5-8,22-24H2,1-4H3/t9-,10+,11+,12+,13+,14+,15-,16-,17-,18+,19+,20-,21-/m1/s1. The summed E-state index contributed by atoms with van der Waals surface area (Å²) < 4.78 is 23.7. The molecule has 0 aromatic heterocycles. The Hall–Kier alpha value is -0.480. The Balaban J connectivity index is 1.68. The van der Waals surface area contributed by atoms with Crippen LogP contribution in [-0.2, 0) is 18.9 Å². The molecule has 0 aromatic rings. The van der Waals surface area contributed by atoms with Crippen molar-refractivity contribution in [1.82, 2.24) is 10.6 Å². The fourth-order valence-corrected chi connectivity index (χ4v) is 5.04. The lowest BCUT2D eigenvalue weighted by Crippen LogP contribution is -2.68. The molecule has 0 radical (unpaired) electrons. The van der Waals surface area contributed by atoms with E-state index in [1.54, 1.807) is 14.0 Å². The van der Waals surface area contributed by atoms with Crippen LogP contribution in [0.3, 0.4) is 0 Å². The van der Waals surface area contributed by atoms with Crippen molar-refractivity contribution in [3.8, 4) is 0 Å². The van der Waals surface area contributed by atoms with Crippen molar-refractivity contribution in [3.63, 3.8) is 0 Å². The molecule has 1 saturated carbocycles. The minimum Gasteiger partial charge on any atom is -0.388 e. The van der Waals surface area contributed by atoms with E-state index in [0.29, 0.717) is 12.8 Å². The van der Waals surface area contributed by atoms with Crippen molar-refractivity contribution in [2.75, 3.05) is 20.7 Å². The molecule has 194 valence electrons. The predicted octanol–water partition coefficient (Wildman–Crippen LogP) is -3.33. The Morgan fingerprint density at radius 3 is 2.15 bits per heavy atom. The van der Waals surface area contributed by atoms with Gasteiger partial charge in [-0.25, -0.2) is 0 Å². The van der Waals surface area contributed by atoms with Crippen LogP contribution < -0.4 is 27.8 Å². The molecule has 2 aliphatic heterocycles. The Morgan fingerprint density at radius 2 is 1.58 bits per heavy atom. The monoisotopic (exact) mass is 477 g/mol. The zero-order valence-corrected chi connectivity index (χ0v) is 20.0. The van der Waals surface area contributed by atoms with Gasteiger partial charge in [-0.2, -0.15) is 0 Å². The van der Waals surface area contributed by atoms with Gasteiger partial charge in [-0.15, -0.1) is 0 Å². The van der Waals surface area contributed by atoms with Crippen molar-refractivity contribution < 1.29 is 34.3 Å². The third-order valence-corrected chi connectivity index (χ3v) is 7.24. The molecule has 2 saturated heterocycles. The maximum absolute atomic E-state index is 11.1. The first kappa shape index (κ1) is 27.1. The summed E-state index contributed by atoms with van der Waals surface area (Å²) in [6, 6.07) is -2.11. The van der Waals surface area contributed by atoms with Gasteiger partial charge in [0.25, 0.3) is 0 Å². The molecule has 0 spiro atoms. The topological polar surface area (TPSA) is 200 Å². The van der Waals surface area contributed by atoms with Gasteiger partial charge in [-0.3, -0.25) is 0 Å². The summed E-state index contributed by atoms with van der Waals surface area (Å²) in [5.41, 5.74) is 17.5. The van der Waals surface area contributed by atoms with Gasteiger partial charge in [-0.1, -0.05) is 0 Å². The van der Waals surface area contributed by atoms with Gasteiger partial charge in [0.15, 0.2) is 12.6 Å². The number of ether oxygens (including phenoxy) is 4. The molecule has 3 rings (SSSR count). The highest BCUT2D eigenvalue weighted by molar-refractivity contribution is 5.02. The van der Waals surface area contributed by atoms with Gasteiger partial charge in [-0.05, 0) is 47.2 Å². The van der Waals surface area contributed by atoms with Crippen LogP contribution in [-0.4, -0.2) is 115 Å². The molecule has 2 heterocycles. The normalized spacial score (nSPS) is 50.2. The van der Waals surface area contributed by atoms with E-state index in [-0.39, 0.29) is 24.8 Å². The molecule has 3 fully saturated rings. The summed E-state index contributed by atoms with van der Waals surface area (Å²) in [4.78, 5) is 0. The second-order valence-electron chi connectivity index (χ2n) is 9.91. The smallest absolute Gasteiger partial charge is 0.185 e.